The van der Waals surface area contributed by atoms with Gasteiger partial charge in [-0.2, -0.15) is 0 Å². The zero-order valence-electron chi connectivity index (χ0n) is 2.50. The summed E-state index contributed by atoms with van der Waals surface area (Å²) in [5.41, 5.74) is 0. The summed E-state index contributed by atoms with van der Waals surface area (Å²) in [6.07, 6.45) is 0. The topological polar surface area (TPSA) is 25.2 Å². The molecule has 0 fully saturated rings. The standard InChI is InChI=1S/C2H3NOP/c1-3-2-5-4-1/h1-2,4H/q-1. The molecule has 0 spiro atoms. The molecule has 0 saturated heterocycles. The average molecular weight is 88.0 g/mol. The van der Waals surface area contributed by atoms with E-state index in [0.717, 1.165) is 8.81 Å². The molecule has 1 heterocycles. The molecule has 0 saturated carbocycles. The van der Waals surface area contributed by atoms with Gasteiger partial charge in [-0.1, -0.05) is 0 Å². The lowest BCUT2D eigenvalue weighted by Crippen LogP contribution is -1.60. The van der Waals surface area contributed by atoms with Crippen LogP contribution < -0.4 is 0 Å². The van der Waals surface area contributed by atoms with Crippen LogP contribution in [0.1, 0.15) is 0 Å². The van der Waals surface area contributed by atoms with E-state index < -0.39 is 0 Å². The highest BCUT2D eigenvalue weighted by atomic mass is 31.1. The van der Waals surface area contributed by atoms with Gasteiger partial charge in [0.1, 0.15) is 6.73 Å². The van der Waals surface area contributed by atoms with Crippen LogP contribution in [0, 0.1) is 6.73 Å². The Labute approximate surface area is 32.1 Å². The van der Waals surface area contributed by atoms with Crippen molar-refractivity contribution in [1.29, 1.82) is 0 Å². The monoisotopic (exact) mass is 88.0 g/mol. The lowest BCUT2D eigenvalue weighted by atomic mass is 11.3. The molecular weight excluding hydrogens is 85.0 g/mol. The molecule has 0 radical (unpaired) electrons. The molecule has 2 nitrogen and oxygen atoms in total. The van der Waals surface area contributed by atoms with Crippen molar-refractivity contribution in [2.24, 2.45) is 4.99 Å². The van der Waals surface area contributed by atoms with Gasteiger partial charge in [-0.05, 0) is 0 Å². The largest absolute Gasteiger partial charge is 0.636 e. The van der Waals surface area contributed by atoms with Gasteiger partial charge in [0.25, 0.3) is 0 Å². The van der Waals surface area contributed by atoms with Crippen LogP contribution >= 0.6 is 8.81 Å². The molecule has 0 aromatic rings. The van der Waals surface area contributed by atoms with E-state index in [1.54, 1.807) is 12.7 Å². The highest BCUT2D eigenvalue weighted by Gasteiger charge is 1.64. The third-order valence-corrected chi connectivity index (χ3v) is 0.777. The summed E-state index contributed by atoms with van der Waals surface area (Å²) in [5.74, 6) is 1.74. The summed E-state index contributed by atoms with van der Waals surface area (Å²) in [4.78, 5) is 3.65. The Bertz CT molecular complexity index is 47.6. The van der Waals surface area contributed by atoms with Gasteiger partial charge in [-0.15, -0.1) is 0 Å². The number of aliphatic imine (C=N–C) groups is 1. The van der Waals surface area contributed by atoms with E-state index in [-0.39, 0.29) is 0 Å². The molecule has 0 amide bonds. The molecule has 1 N–H and O–H groups in total. The third kappa shape index (κ3) is 0.602. The van der Waals surface area contributed by atoms with Gasteiger partial charge in [0.05, 0.1) is 0 Å². The van der Waals surface area contributed by atoms with Gasteiger partial charge in [0.15, 0.2) is 0 Å². The van der Waals surface area contributed by atoms with Crippen LogP contribution in [0.4, 0.5) is 0 Å². The second-order valence-corrected chi connectivity index (χ2v) is 1.30. The van der Waals surface area contributed by atoms with Gasteiger partial charge in [-0.25, -0.2) is 14.8 Å². The lowest BCUT2D eigenvalue weighted by Gasteiger charge is -1.99. The summed E-state index contributed by atoms with van der Waals surface area (Å²) in [6, 6.07) is 0. The number of aliphatic hydroxyl groups is 1. The first-order chi connectivity index (χ1) is 2.50. The first-order valence-electron chi connectivity index (χ1n) is 1.23. The maximum absolute atomic E-state index is 3.71. The van der Waals surface area contributed by atoms with E-state index in [2.05, 4.69) is 9.52 Å². The molecule has 1 rings (SSSR count). The van der Waals surface area contributed by atoms with Crippen LogP contribution in [-0.4, -0.2) is 10.5 Å². The van der Waals surface area contributed by atoms with Crippen molar-refractivity contribution >= 4 is 14.8 Å². The lowest BCUT2D eigenvalue weighted by molar-refractivity contribution is 0.274. The second-order valence-electron chi connectivity index (χ2n) is 0.611. The SMILES string of the molecule is C1=N[CH-][OH+][P-]1. The zero-order chi connectivity index (χ0) is 3.54. The first-order valence-corrected chi connectivity index (χ1v) is 2.15. The Morgan fingerprint density at radius 3 is 3.20 bits per heavy atom. The van der Waals surface area contributed by atoms with Gasteiger partial charge in [0.2, 0.25) is 0 Å². The Balaban J connectivity index is 2.32. The van der Waals surface area contributed by atoms with E-state index >= 15 is 0 Å². The number of nitrogens with zero attached hydrogens (tertiary/aromatic N) is 1. The fourth-order valence-electron chi connectivity index (χ4n) is 0.149. The summed E-state index contributed by atoms with van der Waals surface area (Å²) in [7, 11) is 0.969. The number of rotatable bonds is 0. The molecule has 0 aromatic carbocycles. The van der Waals surface area contributed by atoms with Crippen molar-refractivity contribution in [2.45, 2.75) is 0 Å². The Kier molecular flexibility index (Phi) is 0.870. The van der Waals surface area contributed by atoms with Crippen molar-refractivity contribution in [3.8, 4) is 0 Å². The van der Waals surface area contributed by atoms with E-state index in [9.17, 15) is 0 Å². The van der Waals surface area contributed by atoms with Crippen LogP contribution in [0.3, 0.4) is 0 Å². The molecule has 0 aliphatic carbocycles. The average Bonchev–Trinajstić information content (AvgIpc) is 1.76. The third-order valence-electron chi connectivity index (χ3n) is 0.303. The normalized spacial score (nSPS) is 24.0. The maximum atomic E-state index is 3.71. The van der Waals surface area contributed by atoms with Crippen LogP contribution in [0.15, 0.2) is 4.99 Å². The molecular formula is C2H3NOP-. The van der Waals surface area contributed by atoms with Gasteiger partial charge < -0.3 is 9.52 Å². The van der Waals surface area contributed by atoms with Crippen LogP contribution in [0.25, 0.3) is 0 Å². The Hall–Kier alpha value is -0.0700. The molecule has 1 aliphatic rings. The predicted molar refractivity (Wildman–Crippen MR) is 21.9 cm³/mol. The van der Waals surface area contributed by atoms with E-state index in [0.29, 0.717) is 0 Å². The molecule has 0 bridgehead atoms. The minimum absolute atomic E-state index is 0.969. The molecule has 3 heteroatoms. The van der Waals surface area contributed by atoms with Crippen molar-refractivity contribution in [3.63, 3.8) is 0 Å². The van der Waals surface area contributed by atoms with Crippen molar-refractivity contribution in [1.82, 2.24) is 0 Å². The van der Waals surface area contributed by atoms with Gasteiger partial charge in [-0.3, -0.25) is 0 Å². The fourth-order valence-corrected chi connectivity index (χ4v) is 0.447. The maximum Gasteiger partial charge on any atom is 0.101 e. The molecule has 5 heavy (non-hydrogen) atoms. The fraction of sp³-hybridized carbons (Fsp3) is 0. The summed E-state index contributed by atoms with van der Waals surface area (Å²) in [5, 5.41) is 0. The van der Waals surface area contributed by atoms with Crippen molar-refractivity contribution in [3.05, 3.63) is 6.73 Å². The van der Waals surface area contributed by atoms with E-state index in [4.69, 9.17) is 0 Å². The van der Waals surface area contributed by atoms with Crippen molar-refractivity contribution < 1.29 is 4.52 Å². The summed E-state index contributed by atoms with van der Waals surface area (Å²) < 4.78 is 3.71. The molecule has 28 valence electrons. The molecule has 1 aliphatic heterocycles. The molecule has 0 atom stereocenters. The van der Waals surface area contributed by atoms with Crippen LogP contribution in [-0.2, 0) is 0 Å². The highest BCUT2D eigenvalue weighted by Crippen LogP contribution is 2.10. The van der Waals surface area contributed by atoms with Crippen LogP contribution in [0.2, 0.25) is 0 Å². The van der Waals surface area contributed by atoms with Gasteiger partial charge in [0, 0.05) is 0 Å². The van der Waals surface area contributed by atoms with Crippen LogP contribution in [0.5, 0.6) is 0 Å². The minimum Gasteiger partial charge on any atom is -0.636 e. The number of hydrogen-bond acceptors (Lipinski definition) is 1. The van der Waals surface area contributed by atoms with E-state index in [1.165, 1.54) is 0 Å². The van der Waals surface area contributed by atoms with Gasteiger partial charge >= 0.3 is 0 Å². The number of hydrogen-bond donors (Lipinski definition) is 0. The highest BCUT2D eigenvalue weighted by molar-refractivity contribution is 7.50. The second kappa shape index (κ2) is 1.39. The quantitative estimate of drug-likeness (QED) is 0.234. The molecule has 0 unspecified atom stereocenters. The first kappa shape index (κ1) is 3.13. The predicted octanol–water partition coefficient (Wildman–Crippen LogP) is 0.537. The Morgan fingerprint density at radius 1 is 2.00 bits per heavy atom. The summed E-state index contributed by atoms with van der Waals surface area (Å²) >= 11 is 0. The minimum atomic E-state index is 0.969. The smallest absolute Gasteiger partial charge is 0.101 e. The Morgan fingerprint density at radius 2 is 3.00 bits per heavy atom. The molecule has 0 aromatic heterocycles. The van der Waals surface area contributed by atoms with E-state index in [1.807, 2.05) is 0 Å². The zero-order valence-corrected chi connectivity index (χ0v) is 3.39. The van der Waals surface area contributed by atoms with Crippen molar-refractivity contribution in [2.75, 3.05) is 0 Å². The summed E-state index contributed by atoms with van der Waals surface area (Å²) in [6.45, 7) is 1.54.